The summed E-state index contributed by atoms with van der Waals surface area (Å²) in [7, 11) is 1.44. The summed E-state index contributed by atoms with van der Waals surface area (Å²) in [6.07, 6.45) is 1.59. The van der Waals surface area contributed by atoms with Gasteiger partial charge in [-0.1, -0.05) is 18.2 Å². The van der Waals surface area contributed by atoms with Crippen molar-refractivity contribution in [3.05, 3.63) is 65.4 Å². The Morgan fingerprint density at radius 3 is 2.42 bits per heavy atom. The Morgan fingerprint density at radius 2 is 1.81 bits per heavy atom. The van der Waals surface area contributed by atoms with Crippen LogP contribution in [0.3, 0.4) is 0 Å². The van der Waals surface area contributed by atoms with Gasteiger partial charge in [0.05, 0.1) is 24.6 Å². The number of nitrogens with zero attached hydrogens (tertiary/aromatic N) is 2. The number of nitrogens with one attached hydrogen (secondary N) is 2. The van der Waals surface area contributed by atoms with Crippen molar-refractivity contribution in [1.82, 2.24) is 20.6 Å². The molecule has 0 unspecified atom stereocenters. The molecule has 134 valence electrons. The van der Waals surface area contributed by atoms with E-state index in [9.17, 15) is 9.59 Å². The number of para-hydroxylation sites is 1. The Bertz CT molecular complexity index is 944. The van der Waals surface area contributed by atoms with Gasteiger partial charge in [-0.15, -0.1) is 0 Å². The van der Waals surface area contributed by atoms with Gasteiger partial charge in [0.2, 0.25) is 0 Å². The van der Waals surface area contributed by atoms with Crippen molar-refractivity contribution in [2.75, 3.05) is 7.11 Å². The third kappa shape index (κ3) is 3.44. The number of aryl methyl sites for hydroxylation is 2. The molecule has 0 aliphatic carbocycles. The maximum atomic E-state index is 12.4. The standard InChI is InChI=1S/C18H18N4O4/c1-11-9-14(12(2)26-11)17(23)19-20-18(24)16-15(25-3)10-22(21-16)13-7-5-4-6-8-13/h4-10H,1-3H3,(H,19,23)(H,20,24). The summed E-state index contributed by atoms with van der Waals surface area (Å²) in [5, 5.41) is 4.23. The zero-order valence-electron chi connectivity index (χ0n) is 14.6. The Kier molecular flexibility index (Phi) is 4.74. The van der Waals surface area contributed by atoms with Gasteiger partial charge in [0.15, 0.2) is 11.4 Å². The van der Waals surface area contributed by atoms with Crippen LogP contribution in [0.1, 0.15) is 32.4 Å². The largest absolute Gasteiger partial charge is 0.493 e. The number of furan rings is 1. The molecule has 2 N–H and O–H groups in total. The Balaban J connectivity index is 1.74. The van der Waals surface area contributed by atoms with Gasteiger partial charge in [0.1, 0.15) is 11.5 Å². The lowest BCUT2D eigenvalue weighted by Gasteiger charge is -2.06. The second-order valence-electron chi connectivity index (χ2n) is 5.56. The normalized spacial score (nSPS) is 10.4. The molecule has 2 amide bonds. The molecule has 8 nitrogen and oxygen atoms in total. The summed E-state index contributed by atoms with van der Waals surface area (Å²) in [6.45, 7) is 3.41. The molecule has 0 spiro atoms. The molecule has 0 aliphatic rings. The molecule has 26 heavy (non-hydrogen) atoms. The lowest BCUT2D eigenvalue weighted by atomic mass is 10.2. The number of rotatable bonds is 4. The fourth-order valence-electron chi connectivity index (χ4n) is 2.47. The summed E-state index contributed by atoms with van der Waals surface area (Å²) >= 11 is 0. The molecule has 3 aromatic rings. The van der Waals surface area contributed by atoms with Crippen molar-refractivity contribution in [3.63, 3.8) is 0 Å². The zero-order chi connectivity index (χ0) is 18.7. The molecule has 2 heterocycles. The van der Waals surface area contributed by atoms with Crippen LogP contribution in [0.25, 0.3) is 5.69 Å². The van der Waals surface area contributed by atoms with Crippen LogP contribution in [0.15, 0.2) is 47.0 Å². The van der Waals surface area contributed by atoms with Crippen molar-refractivity contribution in [3.8, 4) is 11.4 Å². The minimum absolute atomic E-state index is 0.0525. The minimum atomic E-state index is -0.595. The van der Waals surface area contributed by atoms with E-state index in [2.05, 4.69) is 16.0 Å². The van der Waals surface area contributed by atoms with Crippen LogP contribution in [-0.4, -0.2) is 28.7 Å². The molecule has 0 saturated carbocycles. The van der Waals surface area contributed by atoms with E-state index in [0.717, 1.165) is 5.69 Å². The van der Waals surface area contributed by atoms with Gasteiger partial charge in [0, 0.05) is 0 Å². The van der Waals surface area contributed by atoms with E-state index in [0.29, 0.717) is 17.1 Å². The van der Waals surface area contributed by atoms with Gasteiger partial charge in [0.25, 0.3) is 11.8 Å². The van der Waals surface area contributed by atoms with E-state index in [-0.39, 0.29) is 11.4 Å². The number of hydrazine groups is 1. The quantitative estimate of drug-likeness (QED) is 0.700. The maximum absolute atomic E-state index is 12.4. The maximum Gasteiger partial charge on any atom is 0.294 e. The molecule has 2 aromatic heterocycles. The van der Waals surface area contributed by atoms with Crippen LogP contribution in [0.5, 0.6) is 5.75 Å². The third-order valence-electron chi connectivity index (χ3n) is 3.71. The van der Waals surface area contributed by atoms with Crippen LogP contribution in [0.4, 0.5) is 0 Å². The van der Waals surface area contributed by atoms with E-state index in [1.807, 2.05) is 30.3 Å². The molecule has 8 heteroatoms. The van der Waals surface area contributed by atoms with Crippen molar-refractivity contribution in [1.29, 1.82) is 0 Å². The first-order valence-electron chi connectivity index (χ1n) is 7.86. The molecule has 0 saturated heterocycles. The minimum Gasteiger partial charge on any atom is -0.493 e. The Morgan fingerprint density at radius 1 is 1.12 bits per heavy atom. The fraction of sp³-hybridized carbons (Fsp3) is 0.167. The van der Waals surface area contributed by atoms with Gasteiger partial charge in [-0.2, -0.15) is 5.10 Å². The molecule has 1 aromatic carbocycles. The summed E-state index contributed by atoms with van der Waals surface area (Å²) < 4.78 is 12.0. The molecule has 0 radical (unpaired) electrons. The van der Waals surface area contributed by atoms with Gasteiger partial charge in [-0.3, -0.25) is 20.4 Å². The van der Waals surface area contributed by atoms with Crippen LogP contribution in [-0.2, 0) is 0 Å². The monoisotopic (exact) mass is 354 g/mol. The Hall–Kier alpha value is -3.55. The average Bonchev–Trinajstić information content (AvgIpc) is 3.23. The summed E-state index contributed by atoms with van der Waals surface area (Å²) in [6, 6.07) is 10.9. The highest BCUT2D eigenvalue weighted by Gasteiger charge is 2.20. The van der Waals surface area contributed by atoms with Crippen LogP contribution in [0.2, 0.25) is 0 Å². The molecular formula is C18H18N4O4. The van der Waals surface area contributed by atoms with E-state index in [1.165, 1.54) is 11.8 Å². The second-order valence-corrected chi connectivity index (χ2v) is 5.56. The smallest absolute Gasteiger partial charge is 0.294 e. The molecule has 0 fully saturated rings. The third-order valence-corrected chi connectivity index (χ3v) is 3.71. The molecular weight excluding hydrogens is 336 g/mol. The highest BCUT2D eigenvalue weighted by Crippen LogP contribution is 2.19. The first kappa shape index (κ1) is 17.3. The first-order chi connectivity index (χ1) is 12.5. The summed E-state index contributed by atoms with van der Waals surface area (Å²) in [4.78, 5) is 24.5. The number of aromatic nitrogens is 2. The number of carbonyl (C=O) groups excluding carboxylic acids is 2. The van der Waals surface area contributed by atoms with E-state index >= 15 is 0 Å². The molecule has 0 atom stereocenters. The summed E-state index contributed by atoms with van der Waals surface area (Å²) in [5.74, 6) is 0.301. The SMILES string of the molecule is COc1cn(-c2ccccc2)nc1C(=O)NNC(=O)c1cc(C)oc1C. The van der Waals surface area contributed by atoms with Gasteiger partial charge in [-0.25, -0.2) is 4.68 Å². The zero-order valence-corrected chi connectivity index (χ0v) is 14.6. The number of ether oxygens (including phenoxy) is 1. The topological polar surface area (TPSA) is 98.4 Å². The van der Waals surface area contributed by atoms with E-state index in [4.69, 9.17) is 9.15 Å². The van der Waals surface area contributed by atoms with Crippen molar-refractivity contribution in [2.24, 2.45) is 0 Å². The fourth-order valence-corrected chi connectivity index (χ4v) is 2.47. The second kappa shape index (κ2) is 7.14. The molecule has 0 aliphatic heterocycles. The number of benzene rings is 1. The van der Waals surface area contributed by atoms with Gasteiger partial charge in [-0.05, 0) is 32.0 Å². The lowest BCUT2D eigenvalue weighted by molar-refractivity contribution is 0.0841. The predicted molar refractivity (Wildman–Crippen MR) is 93.2 cm³/mol. The average molecular weight is 354 g/mol. The molecule has 0 bridgehead atoms. The molecule has 3 rings (SSSR count). The van der Waals surface area contributed by atoms with Crippen LogP contribution in [0, 0.1) is 13.8 Å². The number of hydrogen-bond donors (Lipinski definition) is 2. The van der Waals surface area contributed by atoms with Gasteiger partial charge < -0.3 is 9.15 Å². The lowest BCUT2D eigenvalue weighted by Crippen LogP contribution is -2.42. The summed E-state index contributed by atoms with van der Waals surface area (Å²) in [5.41, 5.74) is 5.87. The number of hydrogen-bond acceptors (Lipinski definition) is 5. The first-order valence-corrected chi connectivity index (χ1v) is 7.86. The number of methoxy groups -OCH3 is 1. The predicted octanol–water partition coefficient (Wildman–Crippen LogP) is 2.17. The van der Waals surface area contributed by atoms with Crippen LogP contribution >= 0.6 is 0 Å². The number of amides is 2. The van der Waals surface area contributed by atoms with E-state index < -0.39 is 11.8 Å². The van der Waals surface area contributed by atoms with Crippen LogP contribution < -0.4 is 15.6 Å². The Labute approximate surface area is 149 Å². The van der Waals surface area contributed by atoms with Crippen molar-refractivity contribution >= 4 is 11.8 Å². The number of carbonyl (C=O) groups is 2. The van der Waals surface area contributed by atoms with Crippen molar-refractivity contribution in [2.45, 2.75) is 13.8 Å². The highest BCUT2D eigenvalue weighted by molar-refractivity contribution is 5.99. The van der Waals surface area contributed by atoms with E-state index in [1.54, 1.807) is 26.1 Å². The van der Waals surface area contributed by atoms with Crippen molar-refractivity contribution < 1.29 is 18.7 Å². The van der Waals surface area contributed by atoms with Gasteiger partial charge >= 0.3 is 0 Å². The highest BCUT2D eigenvalue weighted by atomic mass is 16.5.